The molecule has 1 saturated carbocycles. The van der Waals surface area contributed by atoms with Gasteiger partial charge in [0.25, 0.3) is 0 Å². The van der Waals surface area contributed by atoms with Gasteiger partial charge in [-0.15, -0.1) is 0 Å². The van der Waals surface area contributed by atoms with Gasteiger partial charge in [0, 0.05) is 0 Å². The lowest BCUT2D eigenvalue weighted by atomic mass is 9.80. The quantitative estimate of drug-likeness (QED) is 0.549. The number of hydrogen-bond donors (Lipinski definition) is 0. The molecule has 0 atom stereocenters. The molecule has 0 unspecified atom stereocenters. The summed E-state index contributed by atoms with van der Waals surface area (Å²) in [5, 5.41) is 0. The predicted octanol–water partition coefficient (Wildman–Crippen LogP) is 2.77. The van der Waals surface area contributed by atoms with E-state index in [9.17, 15) is 0 Å². The summed E-state index contributed by atoms with van der Waals surface area (Å²) >= 11 is 0. The van der Waals surface area contributed by atoms with Gasteiger partial charge in [0.1, 0.15) is 0 Å². The van der Waals surface area contributed by atoms with Crippen molar-refractivity contribution in [3.8, 4) is 0 Å². The molecule has 1 aromatic carbocycles. The maximum absolute atomic E-state index is 2.34. The molecule has 0 nitrogen and oxygen atoms in total. The van der Waals surface area contributed by atoms with E-state index in [0.29, 0.717) is 0 Å². The third-order valence-corrected chi connectivity index (χ3v) is 2.17. The van der Waals surface area contributed by atoms with Gasteiger partial charge in [-0.05, 0) is 30.7 Å². The first kappa shape index (κ1) is 5.96. The van der Waals surface area contributed by atoms with Crippen molar-refractivity contribution >= 4 is 0 Å². The van der Waals surface area contributed by atoms with Crippen LogP contribution in [0.25, 0.3) is 0 Å². The SMILES string of the molecule is [CH]1CC(c2ccccc2)C1. The van der Waals surface area contributed by atoms with E-state index in [1.165, 1.54) is 18.4 Å². The first-order valence-corrected chi connectivity index (χ1v) is 3.83. The van der Waals surface area contributed by atoms with Gasteiger partial charge in [-0.1, -0.05) is 30.3 Å². The fourth-order valence-corrected chi connectivity index (χ4v) is 1.33. The fraction of sp³-hybridized carbons (Fsp3) is 0.300. The molecular weight excluding hydrogens is 120 g/mol. The van der Waals surface area contributed by atoms with Crippen LogP contribution in [0.15, 0.2) is 30.3 Å². The van der Waals surface area contributed by atoms with Crippen molar-refractivity contribution in [2.24, 2.45) is 0 Å². The summed E-state index contributed by atoms with van der Waals surface area (Å²) in [6.07, 6.45) is 4.91. The molecule has 0 aliphatic heterocycles. The van der Waals surface area contributed by atoms with Crippen molar-refractivity contribution in [1.29, 1.82) is 0 Å². The van der Waals surface area contributed by atoms with E-state index < -0.39 is 0 Å². The second-order valence-electron chi connectivity index (χ2n) is 2.87. The van der Waals surface area contributed by atoms with Crippen LogP contribution >= 0.6 is 0 Å². The van der Waals surface area contributed by atoms with Gasteiger partial charge < -0.3 is 0 Å². The van der Waals surface area contributed by atoms with E-state index >= 15 is 0 Å². The topological polar surface area (TPSA) is 0 Å². The zero-order valence-electron chi connectivity index (χ0n) is 5.96. The van der Waals surface area contributed by atoms with Crippen LogP contribution in [0.3, 0.4) is 0 Å². The lowest BCUT2D eigenvalue weighted by Crippen LogP contribution is -2.08. The molecule has 1 aromatic rings. The van der Waals surface area contributed by atoms with Crippen LogP contribution in [-0.2, 0) is 0 Å². The highest BCUT2D eigenvalue weighted by Crippen LogP contribution is 2.34. The fourth-order valence-electron chi connectivity index (χ4n) is 1.33. The van der Waals surface area contributed by atoms with Crippen LogP contribution in [0.4, 0.5) is 0 Å². The molecule has 0 N–H and O–H groups in total. The molecule has 2 rings (SSSR count). The molecule has 0 bridgehead atoms. The van der Waals surface area contributed by atoms with Crippen LogP contribution in [0.2, 0.25) is 0 Å². The highest BCUT2D eigenvalue weighted by atomic mass is 14.2. The Morgan fingerprint density at radius 1 is 1.00 bits per heavy atom. The van der Waals surface area contributed by atoms with Crippen LogP contribution in [0, 0.1) is 6.42 Å². The van der Waals surface area contributed by atoms with E-state index in [1.807, 2.05) is 0 Å². The first-order chi connectivity index (χ1) is 4.97. The highest BCUT2D eigenvalue weighted by molar-refractivity contribution is 5.23. The van der Waals surface area contributed by atoms with Crippen LogP contribution in [0.1, 0.15) is 24.3 Å². The monoisotopic (exact) mass is 131 g/mol. The summed E-state index contributed by atoms with van der Waals surface area (Å²) in [6, 6.07) is 10.8. The van der Waals surface area contributed by atoms with Crippen molar-refractivity contribution in [1.82, 2.24) is 0 Å². The van der Waals surface area contributed by atoms with Crippen molar-refractivity contribution in [3.05, 3.63) is 42.3 Å². The molecule has 1 aliphatic rings. The lowest BCUT2D eigenvalue weighted by Gasteiger charge is -2.25. The van der Waals surface area contributed by atoms with Gasteiger partial charge in [-0.3, -0.25) is 0 Å². The average Bonchev–Trinajstić information content (AvgIpc) is 1.86. The Morgan fingerprint density at radius 3 is 2.20 bits per heavy atom. The summed E-state index contributed by atoms with van der Waals surface area (Å²) in [4.78, 5) is 0. The summed E-state index contributed by atoms with van der Waals surface area (Å²) in [5.74, 6) is 0.834. The summed E-state index contributed by atoms with van der Waals surface area (Å²) in [7, 11) is 0. The van der Waals surface area contributed by atoms with E-state index in [4.69, 9.17) is 0 Å². The minimum absolute atomic E-state index is 0.834. The van der Waals surface area contributed by atoms with Crippen molar-refractivity contribution in [2.75, 3.05) is 0 Å². The van der Waals surface area contributed by atoms with E-state index in [0.717, 1.165) is 5.92 Å². The molecule has 0 spiro atoms. The molecule has 0 heterocycles. The number of benzene rings is 1. The van der Waals surface area contributed by atoms with E-state index in [1.54, 1.807) is 0 Å². The zero-order valence-corrected chi connectivity index (χ0v) is 5.96. The molecule has 0 heteroatoms. The van der Waals surface area contributed by atoms with Crippen LogP contribution in [-0.4, -0.2) is 0 Å². The molecule has 0 aromatic heterocycles. The molecular formula is C10H11. The summed E-state index contributed by atoms with van der Waals surface area (Å²) in [6.45, 7) is 0. The lowest BCUT2D eigenvalue weighted by molar-refractivity contribution is 0.540. The molecule has 1 radical (unpaired) electrons. The number of rotatable bonds is 1. The van der Waals surface area contributed by atoms with Crippen molar-refractivity contribution in [2.45, 2.75) is 18.8 Å². The molecule has 1 aliphatic carbocycles. The molecule has 10 heavy (non-hydrogen) atoms. The Morgan fingerprint density at radius 2 is 1.70 bits per heavy atom. The van der Waals surface area contributed by atoms with Crippen molar-refractivity contribution < 1.29 is 0 Å². The second-order valence-corrected chi connectivity index (χ2v) is 2.87. The minimum Gasteiger partial charge on any atom is -0.0622 e. The van der Waals surface area contributed by atoms with Crippen LogP contribution in [0.5, 0.6) is 0 Å². The van der Waals surface area contributed by atoms with Gasteiger partial charge in [-0.2, -0.15) is 0 Å². The molecule has 1 fully saturated rings. The Labute approximate surface area is 61.9 Å². The van der Waals surface area contributed by atoms with Crippen LogP contribution < -0.4 is 0 Å². The summed E-state index contributed by atoms with van der Waals surface area (Å²) in [5.41, 5.74) is 1.50. The maximum Gasteiger partial charge on any atom is -0.0156 e. The largest absolute Gasteiger partial charge is 0.0622 e. The Balaban J connectivity index is 2.18. The molecule has 0 saturated heterocycles. The van der Waals surface area contributed by atoms with Gasteiger partial charge in [0.05, 0.1) is 0 Å². The predicted molar refractivity (Wildman–Crippen MR) is 42.7 cm³/mol. The Bertz CT molecular complexity index is 197. The average molecular weight is 131 g/mol. The third kappa shape index (κ3) is 0.942. The second kappa shape index (κ2) is 2.45. The first-order valence-electron chi connectivity index (χ1n) is 3.83. The number of hydrogen-bond acceptors (Lipinski definition) is 0. The van der Waals surface area contributed by atoms with E-state index in [-0.39, 0.29) is 0 Å². The Kier molecular flexibility index (Phi) is 1.46. The van der Waals surface area contributed by atoms with E-state index in [2.05, 4.69) is 36.8 Å². The van der Waals surface area contributed by atoms with Gasteiger partial charge >= 0.3 is 0 Å². The summed E-state index contributed by atoms with van der Waals surface area (Å²) < 4.78 is 0. The van der Waals surface area contributed by atoms with Gasteiger partial charge in [0.15, 0.2) is 0 Å². The smallest absolute Gasteiger partial charge is 0.0156 e. The normalized spacial score (nSPS) is 18.4. The van der Waals surface area contributed by atoms with Crippen molar-refractivity contribution in [3.63, 3.8) is 0 Å². The Hall–Kier alpha value is -0.780. The third-order valence-electron chi connectivity index (χ3n) is 2.17. The maximum atomic E-state index is 2.34. The minimum atomic E-state index is 0.834. The molecule has 51 valence electrons. The standard InChI is InChI=1S/C10H11/c1-2-5-9(6-3-1)10-7-4-8-10/h1-6,10H,7-8H2. The zero-order chi connectivity index (χ0) is 6.81. The van der Waals surface area contributed by atoms with Gasteiger partial charge in [0.2, 0.25) is 0 Å². The van der Waals surface area contributed by atoms with Gasteiger partial charge in [-0.25, -0.2) is 0 Å². The molecule has 0 amide bonds. The highest BCUT2D eigenvalue weighted by Gasteiger charge is 2.18.